The zero-order valence-electron chi connectivity index (χ0n) is 18.6. The fourth-order valence-electron chi connectivity index (χ4n) is 6.85. The Labute approximate surface area is 182 Å². The Morgan fingerprint density at radius 2 is 1.77 bits per heavy atom. The summed E-state index contributed by atoms with van der Waals surface area (Å²) in [4.78, 5) is 36.3. The first-order valence-electron chi connectivity index (χ1n) is 11.9. The third-order valence-electron chi connectivity index (χ3n) is 8.69. The van der Waals surface area contributed by atoms with Crippen LogP contribution < -0.4 is 0 Å². The number of rotatable bonds is 3. The molecule has 2 aliphatic carbocycles. The lowest BCUT2D eigenvalue weighted by molar-refractivity contribution is -0.576. The first-order chi connectivity index (χ1) is 14.7. The number of esters is 1. The van der Waals surface area contributed by atoms with Crippen LogP contribution >= 0.6 is 0 Å². The van der Waals surface area contributed by atoms with Crippen molar-refractivity contribution >= 4 is 11.9 Å². The molecular formula is C23H34O8. The second kappa shape index (κ2) is 7.68. The van der Waals surface area contributed by atoms with E-state index in [9.17, 15) is 14.7 Å². The van der Waals surface area contributed by atoms with Crippen molar-refractivity contribution in [3.63, 3.8) is 0 Å². The highest BCUT2D eigenvalue weighted by Gasteiger charge is 2.69. The normalized spacial score (nSPS) is 51.5. The largest absolute Gasteiger partial charge is 0.481 e. The number of ether oxygens (including phenoxy) is 3. The Morgan fingerprint density at radius 3 is 2.55 bits per heavy atom. The van der Waals surface area contributed by atoms with Crippen LogP contribution in [0.5, 0.6) is 0 Å². The lowest BCUT2D eigenvalue weighted by atomic mass is 9.58. The van der Waals surface area contributed by atoms with Crippen LogP contribution in [0, 0.1) is 35.5 Å². The van der Waals surface area contributed by atoms with Gasteiger partial charge in [-0.1, -0.05) is 20.3 Å². The van der Waals surface area contributed by atoms with Crippen LogP contribution in [0.15, 0.2) is 0 Å². The van der Waals surface area contributed by atoms with Gasteiger partial charge in [-0.25, -0.2) is 9.78 Å². The third-order valence-corrected chi connectivity index (χ3v) is 8.69. The van der Waals surface area contributed by atoms with Crippen molar-refractivity contribution < 1.29 is 38.7 Å². The monoisotopic (exact) mass is 438 g/mol. The minimum atomic E-state index is -0.870. The summed E-state index contributed by atoms with van der Waals surface area (Å²) in [5.41, 5.74) is -0.685. The van der Waals surface area contributed by atoms with Gasteiger partial charge in [0.2, 0.25) is 12.1 Å². The first kappa shape index (κ1) is 21.6. The molecule has 0 radical (unpaired) electrons. The summed E-state index contributed by atoms with van der Waals surface area (Å²) in [5, 5.41) is 9.34. The van der Waals surface area contributed by atoms with Crippen LogP contribution in [0.4, 0.5) is 0 Å². The number of fused-ring (bicyclic) bond motifs is 2. The molecule has 0 aromatic heterocycles. The molecule has 0 aromatic rings. The van der Waals surface area contributed by atoms with Crippen LogP contribution in [0.25, 0.3) is 0 Å². The quantitative estimate of drug-likeness (QED) is 0.527. The highest BCUT2D eigenvalue weighted by atomic mass is 17.3. The number of aliphatic carboxylic acids is 1. The number of hydrogen-bond donors (Lipinski definition) is 1. The molecule has 0 amide bonds. The summed E-state index contributed by atoms with van der Waals surface area (Å²) in [6, 6.07) is 0. The maximum atomic E-state index is 13.0. The number of carbonyl (C=O) groups is 2. The van der Waals surface area contributed by atoms with E-state index in [-0.39, 0.29) is 23.7 Å². The molecular weight excluding hydrogens is 404 g/mol. The fourth-order valence-corrected chi connectivity index (χ4v) is 6.85. The van der Waals surface area contributed by atoms with Crippen molar-refractivity contribution in [2.24, 2.45) is 35.5 Å². The van der Waals surface area contributed by atoms with E-state index in [1.807, 2.05) is 13.8 Å². The molecule has 3 unspecified atom stereocenters. The van der Waals surface area contributed by atoms with Gasteiger partial charge >= 0.3 is 11.9 Å². The van der Waals surface area contributed by atoms with E-state index >= 15 is 0 Å². The van der Waals surface area contributed by atoms with Gasteiger partial charge < -0.3 is 19.3 Å². The molecule has 31 heavy (non-hydrogen) atoms. The predicted molar refractivity (Wildman–Crippen MR) is 106 cm³/mol. The van der Waals surface area contributed by atoms with Crippen LogP contribution in [-0.4, -0.2) is 41.0 Å². The number of carboxylic acids is 1. The minimum absolute atomic E-state index is 0.0799. The predicted octanol–water partition coefficient (Wildman–Crippen LogP) is 3.63. The molecule has 2 saturated carbocycles. The van der Waals surface area contributed by atoms with Gasteiger partial charge in [0.1, 0.15) is 0 Å². The fraction of sp³-hybridized carbons (Fsp3) is 0.913. The maximum Gasteiger partial charge on any atom is 0.311 e. The summed E-state index contributed by atoms with van der Waals surface area (Å²) >= 11 is 0. The summed E-state index contributed by atoms with van der Waals surface area (Å²) < 4.78 is 18.5. The third kappa shape index (κ3) is 3.41. The van der Waals surface area contributed by atoms with Gasteiger partial charge in [0.15, 0.2) is 11.9 Å². The first-order valence-corrected chi connectivity index (χ1v) is 11.9. The van der Waals surface area contributed by atoms with E-state index < -0.39 is 41.8 Å². The molecule has 6 aliphatic rings. The number of carboxylic acid groups (broad SMARTS) is 1. The highest BCUT2D eigenvalue weighted by Crippen LogP contribution is 2.60. The Balaban J connectivity index is 1.36. The summed E-state index contributed by atoms with van der Waals surface area (Å²) in [6.45, 7) is 6.17. The molecule has 4 saturated heterocycles. The minimum Gasteiger partial charge on any atom is -0.481 e. The van der Waals surface area contributed by atoms with Gasteiger partial charge in [0.25, 0.3) is 0 Å². The molecule has 10 atom stereocenters. The van der Waals surface area contributed by atoms with Crippen molar-refractivity contribution in [3.8, 4) is 0 Å². The van der Waals surface area contributed by atoms with E-state index in [0.29, 0.717) is 25.2 Å². The van der Waals surface area contributed by atoms with Crippen molar-refractivity contribution in [2.75, 3.05) is 0 Å². The average molecular weight is 439 g/mol. The van der Waals surface area contributed by atoms with Gasteiger partial charge in [-0.05, 0) is 57.3 Å². The van der Waals surface area contributed by atoms with E-state index in [1.165, 1.54) is 0 Å². The lowest BCUT2D eigenvalue weighted by Gasteiger charge is -2.60. The summed E-state index contributed by atoms with van der Waals surface area (Å²) in [5.74, 6) is -2.21. The topological polar surface area (TPSA) is 101 Å². The van der Waals surface area contributed by atoms with Gasteiger partial charge in [0.05, 0.1) is 11.8 Å². The molecule has 6 fully saturated rings. The Hall–Kier alpha value is -1.22. The van der Waals surface area contributed by atoms with Crippen molar-refractivity contribution in [3.05, 3.63) is 0 Å². The molecule has 4 heterocycles. The Kier molecular flexibility index (Phi) is 5.35. The second-order valence-corrected chi connectivity index (χ2v) is 10.6. The molecule has 4 aliphatic heterocycles. The Morgan fingerprint density at radius 1 is 1.00 bits per heavy atom. The smallest absolute Gasteiger partial charge is 0.311 e. The van der Waals surface area contributed by atoms with Gasteiger partial charge in [0, 0.05) is 18.3 Å². The molecule has 8 heteroatoms. The van der Waals surface area contributed by atoms with Gasteiger partial charge in [-0.15, -0.1) is 0 Å². The molecule has 1 spiro atoms. The van der Waals surface area contributed by atoms with Gasteiger partial charge in [-0.3, -0.25) is 9.59 Å². The highest BCUT2D eigenvalue weighted by molar-refractivity contribution is 5.75. The summed E-state index contributed by atoms with van der Waals surface area (Å²) in [6.07, 6.45) is 4.63. The summed E-state index contributed by atoms with van der Waals surface area (Å²) in [7, 11) is 0. The molecule has 0 aromatic carbocycles. The molecule has 1 N–H and O–H groups in total. The van der Waals surface area contributed by atoms with E-state index in [2.05, 4.69) is 6.92 Å². The van der Waals surface area contributed by atoms with Crippen LogP contribution in [0.1, 0.15) is 72.1 Å². The van der Waals surface area contributed by atoms with E-state index in [4.69, 9.17) is 24.0 Å². The number of carbonyl (C=O) groups excluding carboxylic acids is 1. The van der Waals surface area contributed by atoms with Crippen molar-refractivity contribution in [1.82, 2.24) is 0 Å². The van der Waals surface area contributed by atoms with Gasteiger partial charge in [-0.2, -0.15) is 0 Å². The van der Waals surface area contributed by atoms with Crippen molar-refractivity contribution in [1.29, 1.82) is 0 Å². The van der Waals surface area contributed by atoms with Crippen LogP contribution in [0.2, 0.25) is 0 Å². The Bertz CT molecular complexity index is 741. The molecule has 8 nitrogen and oxygen atoms in total. The lowest BCUT2D eigenvalue weighted by Crippen LogP contribution is -2.70. The van der Waals surface area contributed by atoms with E-state index in [0.717, 1.165) is 32.1 Å². The van der Waals surface area contributed by atoms with Crippen LogP contribution in [-0.2, 0) is 33.6 Å². The SMILES string of the molecule is C[C@H]1[C@H](OC(=O)C2CCCC(C(=O)O)C2)O[C@@H]2O[C@]3(C)CC[C@H]4[C@H](C)CC[C@@H]1C24OO3. The number of hydrogen-bond acceptors (Lipinski definition) is 7. The molecule has 174 valence electrons. The zero-order chi connectivity index (χ0) is 22.0. The van der Waals surface area contributed by atoms with Crippen LogP contribution in [0.3, 0.4) is 0 Å². The second-order valence-electron chi connectivity index (χ2n) is 10.6. The molecule has 2 bridgehead atoms. The standard InChI is InChI=1S/C23H34O8/c1-12-7-8-17-13(2)20(27-19(26)15-6-4-5-14(11-15)18(24)25)28-21-23(17)16(12)9-10-22(3,29-21)30-31-23/h12-17,20-21H,4-11H2,1-3H3,(H,24,25)/t12-,13-,14?,15?,16+,17+,20-,21-,22+,23?/m1/s1. The van der Waals surface area contributed by atoms with Crippen molar-refractivity contribution in [2.45, 2.75) is 96.1 Å². The molecule has 6 rings (SSSR count). The zero-order valence-corrected chi connectivity index (χ0v) is 18.6. The maximum absolute atomic E-state index is 13.0. The van der Waals surface area contributed by atoms with E-state index in [1.54, 1.807) is 0 Å². The average Bonchev–Trinajstić information content (AvgIpc) is 2.98.